The molecule has 0 amide bonds. The number of carboxylic acid groups (broad SMARTS) is 1. The maximum atomic E-state index is 11.9. The number of aliphatic carboxylic acids is 1. The first-order valence-corrected chi connectivity index (χ1v) is 11.1. The molecule has 11 heteroatoms. The molecule has 164 valence electrons. The third kappa shape index (κ3) is 6.57. The highest BCUT2D eigenvalue weighted by Gasteiger charge is 2.44. The molecular formula is C17H29F3N2O5S. The summed E-state index contributed by atoms with van der Waals surface area (Å²) < 4.78 is 64.7. The zero-order chi connectivity index (χ0) is 21.2. The van der Waals surface area contributed by atoms with Gasteiger partial charge in [0, 0.05) is 25.7 Å². The molecule has 1 spiro atoms. The van der Waals surface area contributed by atoms with Crippen molar-refractivity contribution in [2.75, 3.05) is 19.6 Å². The Labute approximate surface area is 163 Å². The molecule has 2 aliphatic heterocycles. The molecule has 0 unspecified atom stereocenters. The zero-order valence-electron chi connectivity index (χ0n) is 16.2. The van der Waals surface area contributed by atoms with Gasteiger partial charge in [0.15, 0.2) is 0 Å². The molecule has 0 bridgehead atoms. The zero-order valence-corrected chi connectivity index (χ0v) is 17.0. The number of halogens is 3. The summed E-state index contributed by atoms with van der Waals surface area (Å²) in [7, 11) is -3.09. The summed E-state index contributed by atoms with van der Waals surface area (Å²) in [5.74, 6) is -2.76. The third-order valence-electron chi connectivity index (χ3n) is 5.37. The Bertz CT molecular complexity index is 652. The number of rotatable bonds is 5. The van der Waals surface area contributed by atoms with Crippen molar-refractivity contribution in [1.82, 2.24) is 9.62 Å². The van der Waals surface area contributed by atoms with Crippen molar-refractivity contribution >= 4 is 16.0 Å². The van der Waals surface area contributed by atoms with E-state index in [9.17, 15) is 21.6 Å². The van der Waals surface area contributed by atoms with Crippen LogP contribution in [0.1, 0.15) is 52.4 Å². The molecule has 0 radical (unpaired) electrons. The number of hydrogen-bond donors (Lipinski definition) is 2. The molecule has 2 N–H and O–H groups in total. The Kier molecular flexibility index (Phi) is 7.38. The van der Waals surface area contributed by atoms with Crippen LogP contribution in [0.5, 0.6) is 0 Å². The van der Waals surface area contributed by atoms with Crippen LogP contribution in [0.25, 0.3) is 0 Å². The van der Waals surface area contributed by atoms with E-state index >= 15 is 0 Å². The fraction of sp³-hybridized carbons (Fsp3) is 0.941. The van der Waals surface area contributed by atoms with Crippen LogP contribution in [-0.2, 0) is 19.6 Å². The van der Waals surface area contributed by atoms with Crippen molar-refractivity contribution in [3.05, 3.63) is 0 Å². The Balaban J connectivity index is 0.000000345. The molecular weight excluding hydrogens is 401 g/mol. The Morgan fingerprint density at radius 2 is 1.89 bits per heavy atom. The number of ether oxygens (including phenoxy) is 1. The van der Waals surface area contributed by atoms with Crippen molar-refractivity contribution < 1.29 is 36.2 Å². The summed E-state index contributed by atoms with van der Waals surface area (Å²) in [5.41, 5.74) is -0.0296. The number of alkyl halides is 3. The van der Waals surface area contributed by atoms with Gasteiger partial charge in [0.1, 0.15) is 0 Å². The minimum atomic E-state index is -5.08. The van der Waals surface area contributed by atoms with E-state index in [1.807, 2.05) is 0 Å². The second-order valence-electron chi connectivity index (χ2n) is 8.03. The summed E-state index contributed by atoms with van der Waals surface area (Å²) in [4.78, 5) is 11.4. The molecule has 1 saturated carbocycles. The lowest BCUT2D eigenvalue weighted by molar-refractivity contribution is -0.192. The topological polar surface area (TPSA) is 95.9 Å². The molecule has 2 atom stereocenters. The van der Waals surface area contributed by atoms with Crippen LogP contribution in [0.4, 0.5) is 13.2 Å². The van der Waals surface area contributed by atoms with Gasteiger partial charge in [-0.1, -0.05) is 0 Å². The van der Waals surface area contributed by atoms with Crippen LogP contribution in [0.2, 0.25) is 0 Å². The average Bonchev–Trinajstić information content (AvgIpc) is 3.37. The van der Waals surface area contributed by atoms with E-state index in [1.54, 1.807) is 0 Å². The van der Waals surface area contributed by atoms with Crippen molar-refractivity contribution in [3.8, 4) is 0 Å². The van der Waals surface area contributed by atoms with Gasteiger partial charge in [-0.25, -0.2) is 17.9 Å². The van der Waals surface area contributed by atoms with Crippen LogP contribution < -0.4 is 4.72 Å². The number of carbonyl (C=O) groups is 1. The lowest BCUT2D eigenvalue weighted by Gasteiger charge is -2.39. The van der Waals surface area contributed by atoms with Crippen LogP contribution in [0.3, 0.4) is 0 Å². The molecule has 3 fully saturated rings. The summed E-state index contributed by atoms with van der Waals surface area (Å²) in [6.45, 7) is 6.99. The number of nitrogens with one attached hydrogen (secondary N) is 1. The maximum Gasteiger partial charge on any atom is 0.490 e. The van der Waals surface area contributed by atoms with E-state index in [2.05, 4.69) is 23.5 Å². The fourth-order valence-corrected chi connectivity index (χ4v) is 5.00. The lowest BCUT2D eigenvalue weighted by Crippen LogP contribution is -2.47. The first-order valence-electron chi connectivity index (χ1n) is 9.55. The number of likely N-dealkylation sites (tertiary alicyclic amines) is 1. The smallest absolute Gasteiger partial charge is 0.475 e. The third-order valence-corrected chi connectivity index (χ3v) is 7.29. The molecule has 3 aliphatic rings. The normalized spacial score (nSPS) is 29.0. The highest BCUT2D eigenvalue weighted by Crippen LogP contribution is 2.37. The number of carboxylic acids is 1. The van der Waals surface area contributed by atoms with E-state index < -0.39 is 22.2 Å². The Morgan fingerprint density at radius 3 is 2.36 bits per heavy atom. The predicted molar refractivity (Wildman–Crippen MR) is 96.4 cm³/mol. The van der Waals surface area contributed by atoms with Crippen LogP contribution in [0, 0.1) is 0 Å². The highest BCUT2D eigenvalue weighted by molar-refractivity contribution is 7.90. The molecule has 7 nitrogen and oxygen atoms in total. The monoisotopic (exact) mass is 430 g/mol. The SMILES string of the molecule is CC(C)N1CC[C@]2(CCC[C@@H](CNS(=O)(=O)C3CC3)O2)C1.O=C(O)C(F)(F)F. The second-order valence-corrected chi connectivity index (χ2v) is 10.1. The van der Waals surface area contributed by atoms with Crippen molar-refractivity contribution in [2.45, 2.75) is 81.5 Å². The quantitative estimate of drug-likeness (QED) is 0.694. The van der Waals surface area contributed by atoms with E-state index in [4.69, 9.17) is 14.6 Å². The summed E-state index contributed by atoms with van der Waals surface area (Å²) in [5, 5.41) is 6.98. The molecule has 0 aromatic heterocycles. The van der Waals surface area contributed by atoms with E-state index in [0.717, 1.165) is 51.6 Å². The molecule has 0 aromatic rings. The number of nitrogens with zero attached hydrogens (tertiary/aromatic N) is 1. The predicted octanol–water partition coefficient (Wildman–Crippen LogP) is 2.12. The van der Waals surface area contributed by atoms with E-state index in [0.29, 0.717) is 12.6 Å². The Hall–Kier alpha value is -0.910. The molecule has 2 saturated heterocycles. The van der Waals surface area contributed by atoms with Crippen molar-refractivity contribution in [3.63, 3.8) is 0 Å². The van der Waals surface area contributed by atoms with E-state index in [1.165, 1.54) is 0 Å². The van der Waals surface area contributed by atoms with Gasteiger partial charge >= 0.3 is 12.1 Å². The standard InChI is InChI=1S/C15H28N2O3S.C2HF3O2/c1-12(2)17-9-8-15(11-17)7-3-4-13(20-15)10-16-21(18,19)14-5-6-14;3-2(4,5)1(6)7/h12-14,16H,3-11H2,1-2H3;(H,6,7)/t13-,15+;/m0./s1. The summed E-state index contributed by atoms with van der Waals surface area (Å²) >= 11 is 0. The van der Waals surface area contributed by atoms with Gasteiger partial charge in [-0.05, 0) is 52.4 Å². The first kappa shape index (κ1) is 23.4. The minimum absolute atomic E-state index is 0.0296. The first-order chi connectivity index (χ1) is 12.8. The van der Waals surface area contributed by atoms with Gasteiger partial charge < -0.3 is 9.84 Å². The van der Waals surface area contributed by atoms with Crippen molar-refractivity contribution in [2.24, 2.45) is 0 Å². The minimum Gasteiger partial charge on any atom is -0.475 e. The van der Waals surface area contributed by atoms with Gasteiger partial charge in [0.2, 0.25) is 10.0 Å². The van der Waals surface area contributed by atoms with E-state index in [-0.39, 0.29) is 17.0 Å². The molecule has 2 heterocycles. The van der Waals surface area contributed by atoms with Gasteiger partial charge in [-0.15, -0.1) is 0 Å². The summed E-state index contributed by atoms with van der Waals surface area (Å²) in [6, 6.07) is 0.557. The molecule has 28 heavy (non-hydrogen) atoms. The maximum absolute atomic E-state index is 11.9. The largest absolute Gasteiger partial charge is 0.490 e. The molecule has 1 aliphatic carbocycles. The second kappa shape index (κ2) is 8.85. The van der Waals surface area contributed by atoms with Gasteiger partial charge in [-0.2, -0.15) is 13.2 Å². The number of sulfonamides is 1. The average molecular weight is 430 g/mol. The van der Waals surface area contributed by atoms with Crippen LogP contribution >= 0.6 is 0 Å². The fourth-order valence-electron chi connectivity index (χ4n) is 3.59. The molecule has 3 rings (SSSR count). The number of hydrogen-bond acceptors (Lipinski definition) is 5. The Morgan fingerprint density at radius 1 is 1.29 bits per heavy atom. The van der Waals surface area contributed by atoms with Crippen LogP contribution in [0.15, 0.2) is 0 Å². The molecule has 0 aromatic carbocycles. The van der Waals surface area contributed by atoms with Crippen molar-refractivity contribution in [1.29, 1.82) is 0 Å². The summed E-state index contributed by atoms with van der Waals surface area (Å²) in [6.07, 6.45) is 0.888. The van der Waals surface area contributed by atoms with Crippen LogP contribution in [-0.4, -0.2) is 73.2 Å². The van der Waals surface area contributed by atoms with Gasteiger partial charge in [0.25, 0.3) is 0 Å². The lowest BCUT2D eigenvalue weighted by atomic mass is 9.90. The van der Waals surface area contributed by atoms with Gasteiger partial charge in [-0.3, -0.25) is 4.90 Å². The highest BCUT2D eigenvalue weighted by atomic mass is 32.2. The van der Waals surface area contributed by atoms with Gasteiger partial charge in [0.05, 0.1) is 17.0 Å².